The average Bonchev–Trinajstić information content (AvgIpc) is 3.10. The second-order valence-corrected chi connectivity index (χ2v) is 6.89. The van der Waals surface area contributed by atoms with Gasteiger partial charge in [0.1, 0.15) is 0 Å². The topological polar surface area (TPSA) is 55.1 Å². The molecular weight excluding hydrogens is 260 g/mol. The molecule has 1 aromatic carbocycles. The molecule has 0 spiro atoms. The molecule has 1 amide bonds. The summed E-state index contributed by atoms with van der Waals surface area (Å²) >= 11 is 0. The number of nitrogens with one attached hydrogen (secondary N) is 1. The van der Waals surface area contributed by atoms with Crippen molar-refractivity contribution in [2.24, 2.45) is 23.5 Å². The highest BCUT2D eigenvalue weighted by Gasteiger charge is 2.42. The molecule has 3 nitrogen and oxygen atoms in total. The first-order valence-corrected chi connectivity index (χ1v) is 8.23. The van der Waals surface area contributed by atoms with Crippen LogP contribution in [0.15, 0.2) is 24.3 Å². The van der Waals surface area contributed by atoms with Gasteiger partial charge in [-0.2, -0.15) is 0 Å². The third-order valence-electron chi connectivity index (χ3n) is 5.45. The molecule has 0 radical (unpaired) electrons. The molecule has 4 atom stereocenters. The van der Waals surface area contributed by atoms with E-state index in [1.807, 2.05) is 24.3 Å². The van der Waals surface area contributed by atoms with Gasteiger partial charge in [0.2, 0.25) is 5.91 Å². The zero-order valence-electron chi connectivity index (χ0n) is 12.8. The lowest BCUT2D eigenvalue weighted by Gasteiger charge is -2.28. The molecule has 0 saturated heterocycles. The molecule has 0 aromatic heterocycles. The molecule has 2 aliphatic rings. The predicted molar refractivity (Wildman–Crippen MR) is 84.6 cm³/mol. The summed E-state index contributed by atoms with van der Waals surface area (Å²) < 4.78 is 0. The standard InChI is InChI=1S/C18H26N2O/c1-12(17-9-15-6-7-16(17)8-15)20-18(21)10-13-2-4-14(11-19)5-3-13/h2-5,12,15-17H,6-11,19H2,1H3,(H,20,21). The van der Waals surface area contributed by atoms with Crippen LogP contribution in [-0.4, -0.2) is 11.9 Å². The Hall–Kier alpha value is -1.35. The van der Waals surface area contributed by atoms with E-state index in [2.05, 4.69) is 12.2 Å². The molecule has 114 valence electrons. The molecule has 0 heterocycles. The van der Waals surface area contributed by atoms with Crippen molar-refractivity contribution in [2.45, 2.75) is 51.6 Å². The SMILES string of the molecule is CC(NC(=O)Cc1ccc(CN)cc1)C1CC2CCC1C2. The Kier molecular flexibility index (Phi) is 4.29. The van der Waals surface area contributed by atoms with Gasteiger partial charge in [-0.05, 0) is 55.1 Å². The maximum absolute atomic E-state index is 12.2. The monoisotopic (exact) mass is 286 g/mol. The lowest BCUT2D eigenvalue weighted by Crippen LogP contribution is -2.40. The average molecular weight is 286 g/mol. The fourth-order valence-electron chi connectivity index (χ4n) is 4.30. The Labute approximate surface area is 127 Å². The van der Waals surface area contributed by atoms with E-state index in [0.717, 1.165) is 23.0 Å². The molecule has 2 bridgehead atoms. The quantitative estimate of drug-likeness (QED) is 0.874. The molecule has 4 unspecified atom stereocenters. The molecule has 2 fully saturated rings. The van der Waals surface area contributed by atoms with Gasteiger partial charge in [-0.25, -0.2) is 0 Å². The highest BCUT2D eigenvalue weighted by molar-refractivity contribution is 5.78. The van der Waals surface area contributed by atoms with Gasteiger partial charge >= 0.3 is 0 Å². The molecule has 1 aromatic rings. The Morgan fingerprint density at radius 1 is 1.24 bits per heavy atom. The predicted octanol–water partition coefficient (Wildman–Crippen LogP) is 2.63. The second kappa shape index (κ2) is 6.18. The van der Waals surface area contributed by atoms with Gasteiger partial charge in [0.25, 0.3) is 0 Å². The third kappa shape index (κ3) is 3.29. The van der Waals surface area contributed by atoms with Crippen molar-refractivity contribution in [2.75, 3.05) is 0 Å². The van der Waals surface area contributed by atoms with Crippen molar-refractivity contribution in [1.29, 1.82) is 0 Å². The summed E-state index contributed by atoms with van der Waals surface area (Å²) in [6.45, 7) is 2.73. The van der Waals surface area contributed by atoms with Gasteiger partial charge in [-0.3, -0.25) is 4.79 Å². The number of nitrogens with two attached hydrogens (primary N) is 1. The largest absolute Gasteiger partial charge is 0.353 e. The normalized spacial score (nSPS) is 28.6. The Morgan fingerprint density at radius 2 is 1.95 bits per heavy atom. The molecular formula is C18H26N2O. The van der Waals surface area contributed by atoms with Crippen LogP contribution in [0.5, 0.6) is 0 Å². The zero-order valence-corrected chi connectivity index (χ0v) is 12.8. The minimum atomic E-state index is 0.144. The lowest BCUT2D eigenvalue weighted by atomic mass is 9.84. The van der Waals surface area contributed by atoms with E-state index in [-0.39, 0.29) is 5.91 Å². The molecule has 21 heavy (non-hydrogen) atoms. The maximum atomic E-state index is 12.2. The van der Waals surface area contributed by atoms with Crippen LogP contribution >= 0.6 is 0 Å². The van der Waals surface area contributed by atoms with Gasteiger partial charge in [-0.15, -0.1) is 0 Å². The van der Waals surface area contributed by atoms with Crippen molar-refractivity contribution in [1.82, 2.24) is 5.32 Å². The summed E-state index contributed by atoms with van der Waals surface area (Å²) in [6.07, 6.45) is 5.96. The Balaban J connectivity index is 1.51. The van der Waals surface area contributed by atoms with Crippen molar-refractivity contribution < 1.29 is 4.79 Å². The second-order valence-electron chi connectivity index (χ2n) is 6.89. The summed E-state index contributed by atoms with van der Waals surface area (Å²) in [5, 5.41) is 3.22. The van der Waals surface area contributed by atoms with Crippen LogP contribution in [0.25, 0.3) is 0 Å². The van der Waals surface area contributed by atoms with Crippen molar-refractivity contribution in [3.05, 3.63) is 35.4 Å². The number of hydrogen-bond donors (Lipinski definition) is 2. The maximum Gasteiger partial charge on any atom is 0.224 e. The minimum absolute atomic E-state index is 0.144. The summed E-state index contributed by atoms with van der Waals surface area (Å²) in [4.78, 5) is 12.2. The van der Waals surface area contributed by atoms with Crippen LogP contribution < -0.4 is 11.1 Å². The Bertz CT molecular complexity index is 496. The minimum Gasteiger partial charge on any atom is -0.353 e. The zero-order chi connectivity index (χ0) is 14.8. The molecule has 3 rings (SSSR count). The number of carbonyl (C=O) groups is 1. The van der Waals surface area contributed by atoms with E-state index in [9.17, 15) is 4.79 Å². The number of amides is 1. The molecule has 2 saturated carbocycles. The number of fused-ring (bicyclic) bond motifs is 2. The van der Waals surface area contributed by atoms with Crippen LogP contribution in [0.1, 0.15) is 43.7 Å². The van der Waals surface area contributed by atoms with Crippen molar-refractivity contribution in [3.8, 4) is 0 Å². The van der Waals surface area contributed by atoms with Crippen molar-refractivity contribution in [3.63, 3.8) is 0 Å². The van der Waals surface area contributed by atoms with Crippen LogP contribution in [0.2, 0.25) is 0 Å². The summed E-state index contributed by atoms with van der Waals surface area (Å²) in [5.74, 6) is 2.63. The Morgan fingerprint density at radius 3 is 2.52 bits per heavy atom. The first-order chi connectivity index (χ1) is 10.2. The fraction of sp³-hybridized carbons (Fsp3) is 0.611. The van der Waals surface area contributed by atoms with E-state index >= 15 is 0 Å². The van der Waals surface area contributed by atoms with Crippen LogP contribution in [-0.2, 0) is 17.8 Å². The number of carbonyl (C=O) groups excluding carboxylic acids is 1. The summed E-state index contributed by atoms with van der Waals surface area (Å²) in [6, 6.07) is 8.33. The van der Waals surface area contributed by atoms with E-state index in [4.69, 9.17) is 5.73 Å². The molecule has 3 heteroatoms. The van der Waals surface area contributed by atoms with E-state index in [1.165, 1.54) is 25.7 Å². The number of benzene rings is 1. The third-order valence-corrected chi connectivity index (χ3v) is 5.45. The van der Waals surface area contributed by atoms with Gasteiger partial charge in [-0.1, -0.05) is 30.7 Å². The first kappa shape index (κ1) is 14.6. The summed E-state index contributed by atoms with van der Waals surface area (Å²) in [7, 11) is 0. The number of hydrogen-bond acceptors (Lipinski definition) is 2. The highest BCUT2D eigenvalue weighted by Crippen LogP contribution is 2.49. The van der Waals surface area contributed by atoms with E-state index in [1.54, 1.807) is 0 Å². The number of rotatable bonds is 5. The van der Waals surface area contributed by atoms with E-state index in [0.29, 0.717) is 24.9 Å². The van der Waals surface area contributed by atoms with Crippen LogP contribution in [0, 0.1) is 17.8 Å². The molecule has 2 aliphatic carbocycles. The van der Waals surface area contributed by atoms with Crippen molar-refractivity contribution >= 4 is 5.91 Å². The first-order valence-electron chi connectivity index (χ1n) is 8.23. The lowest BCUT2D eigenvalue weighted by molar-refractivity contribution is -0.121. The van der Waals surface area contributed by atoms with E-state index < -0.39 is 0 Å². The molecule has 0 aliphatic heterocycles. The summed E-state index contributed by atoms with van der Waals surface area (Å²) in [5.41, 5.74) is 7.75. The van der Waals surface area contributed by atoms with Gasteiger partial charge in [0.15, 0.2) is 0 Å². The van der Waals surface area contributed by atoms with Crippen LogP contribution in [0.4, 0.5) is 0 Å². The highest BCUT2D eigenvalue weighted by atomic mass is 16.1. The smallest absolute Gasteiger partial charge is 0.224 e. The van der Waals surface area contributed by atoms with Gasteiger partial charge in [0.05, 0.1) is 6.42 Å². The molecule has 3 N–H and O–H groups in total. The van der Waals surface area contributed by atoms with Crippen LogP contribution in [0.3, 0.4) is 0 Å². The van der Waals surface area contributed by atoms with Gasteiger partial charge < -0.3 is 11.1 Å². The van der Waals surface area contributed by atoms with Gasteiger partial charge in [0, 0.05) is 12.6 Å². The fourth-order valence-corrected chi connectivity index (χ4v) is 4.30.